The minimum atomic E-state index is 0. The summed E-state index contributed by atoms with van der Waals surface area (Å²) in [6, 6.07) is 0. The molecule has 0 fully saturated rings. The minimum absolute atomic E-state index is 0. The van der Waals surface area contributed by atoms with Gasteiger partial charge in [-0.1, -0.05) is 7.43 Å². The van der Waals surface area contributed by atoms with Crippen molar-refractivity contribution in [3.63, 3.8) is 0 Å². The molecule has 0 radical (unpaired) electrons. The molecule has 0 rings (SSSR count). The van der Waals surface area contributed by atoms with E-state index in [0.29, 0.717) is 0 Å². The molecule has 26 valence electrons. The van der Waals surface area contributed by atoms with Crippen LogP contribution < -0.4 is 6.15 Å². The van der Waals surface area contributed by atoms with Gasteiger partial charge < -0.3 is 6.15 Å². The van der Waals surface area contributed by atoms with E-state index in [9.17, 15) is 0 Å². The first kappa shape index (κ1) is 90.9. The van der Waals surface area contributed by atoms with Crippen LogP contribution in [0.4, 0.5) is 0 Å². The molecule has 0 aliphatic heterocycles. The first-order valence-electron chi connectivity index (χ1n) is 0. The van der Waals surface area contributed by atoms with E-state index >= 15 is 0 Å². The van der Waals surface area contributed by atoms with Crippen LogP contribution in [-0.4, -0.2) is 8.41 Å². The van der Waals surface area contributed by atoms with Gasteiger partial charge in [-0.15, -0.1) is 0 Å². The van der Waals surface area contributed by atoms with E-state index in [2.05, 4.69) is 0 Å². The van der Waals surface area contributed by atoms with Crippen molar-refractivity contribution in [2.24, 2.45) is 0 Å². The fraction of sp³-hybridized carbons (Fsp3) is 1.00. The van der Waals surface area contributed by atoms with Crippen LogP contribution in [0.15, 0.2) is 0 Å². The first-order chi connectivity index (χ1) is 0. The molecule has 0 bridgehead atoms. The SMILES string of the molecule is B.C.N.[Zr]. The van der Waals surface area contributed by atoms with Gasteiger partial charge in [0.25, 0.3) is 0 Å². The van der Waals surface area contributed by atoms with Crippen LogP contribution in [0.1, 0.15) is 7.43 Å². The minimum Gasteiger partial charge on any atom is -0.344 e. The van der Waals surface area contributed by atoms with E-state index in [1.165, 1.54) is 0 Å². The molecule has 0 atom stereocenters. The fourth-order valence-electron chi connectivity index (χ4n) is 0. The third-order valence-electron chi connectivity index (χ3n) is 0. The van der Waals surface area contributed by atoms with E-state index in [4.69, 9.17) is 0 Å². The molecule has 3 heteroatoms. The number of hydrogen-bond donors (Lipinski definition) is 1. The smallest absolute Gasteiger partial charge is 0.0814 e. The van der Waals surface area contributed by atoms with E-state index in [0.717, 1.165) is 0 Å². The summed E-state index contributed by atoms with van der Waals surface area (Å²) in [4.78, 5) is 0. The second kappa shape index (κ2) is 40.1. The molecule has 4 heavy (non-hydrogen) atoms. The molecule has 0 spiro atoms. The van der Waals surface area contributed by atoms with Gasteiger partial charge in [0.15, 0.2) is 0 Å². The van der Waals surface area contributed by atoms with Crippen LogP contribution in [0.3, 0.4) is 0 Å². The number of rotatable bonds is 0. The van der Waals surface area contributed by atoms with E-state index in [1.54, 1.807) is 0 Å². The van der Waals surface area contributed by atoms with Crippen molar-refractivity contribution in [1.82, 2.24) is 6.15 Å². The Hall–Kier alpha value is 0.908. The monoisotopic (exact) mass is 137 g/mol. The van der Waals surface area contributed by atoms with Gasteiger partial charge in [-0.05, 0) is 0 Å². The molecule has 0 amide bonds. The molecule has 0 aromatic carbocycles. The molecule has 0 heterocycles. The number of hydrogen-bond acceptors (Lipinski definition) is 1. The third-order valence-corrected chi connectivity index (χ3v) is 0. The zero-order valence-electron chi connectivity index (χ0n) is 1.21. The maximum absolute atomic E-state index is 0. The predicted molar refractivity (Wildman–Crippen MR) is 21.7 cm³/mol. The summed E-state index contributed by atoms with van der Waals surface area (Å²) in [5.74, 6) is 0. The molecular formula is CH10BNZr. The Balaban J connectivity index is 0. The Morgan fingerprint density at radius 1 is 1.00 bits per heavy atom. The maximum atomic E-state index is 0. The molecule has 3 N–H and O–H groups in total. The molecule has 1 nitrogen and oxygen atoms in total. The van der Waals surface area contributed by atoms with E-state index in [1.807, 2.05) is 0 Å². The van der Waals surface area contributed by atoms with Gasteiger partial charge in [-0.2, -0.15) is 0 Å². The predicted octanol–water partition coefficient (Wildman–Crippen LogP) is -0.388. The van der Waals surface area contributed by atoms with Crippen LogP contribution in [0.2, 0.25) is 0 Å². The van der Waals surface area contributed by atoms with Crippen molar-refractivity contribution >= 4 is 8.41 Å². The van der Waals surface area contributed by atoms with E-state index in [-0.39, 0.29) is 48.2 Å². The largest absolute Gasteiger partial charge is 0.344 e. The van der Waals surface area contributed by atoms with E-state index < -0.39 is 0 Å². The third kappa shape index (κ3) is 12.8. The van der Waals surface area contributed by atoms with Crippen LogP contribution >= 0.6 is 0 Å². The van der Waals surface area contributed by atoms with Crippen molar-refractivity contribution in [2.45, 2.75) is 7.43 Å². The van der Waals surface area contributed by atoms with Crippen molar-refractivity contribution in [1.29, 1.82) is 0 Å². The Morgan fingerprint density at radius 3 is 1.00 bits per heavy atom. The zero-order valence-corrected chi connectivity index (χ0v) is 3.67. The Bertz CT molecular complexity index is 8.00. The summed E-state index contributed by atoms with van der Waals surface area (Å²) in [5.41, 5.74) is 0. The molecule has 0 aliphatic carbocycles. The standard InChI is InChI=1S/CH4.BH3.H3N.Zr/h1H4;2*1H3;. The summed E-state index contributed by atoms with van der Waals surface area (Å²) in [6.07, 6.45) is 0. The van der Waals surface area contributed by atoms with Crippen molar-refractivity contribution in [2.75, 3.05) is 0 Å². The van der Waals surface area contributed by atoms with Crippen LogP contribution in [0, 0.1) is 0 Å². The molecule has 0 unspecified atom stereocenters. The van der Waals surface area contributed by atoms with Gasteiger partial charge in [0.2, 0.25) is 0 Å². The molecule has 0 saturated carbocycles. The molecule has 0 aromatic rings. The molecule has 0 aliphatic rings. The second-order valence-corrected chi connectivity index (χ2v) is 0. The van der Waals surface area contributed by atoms with Gasteiger partial charge in [0.05, 0.1) is 8.41 Å². The second-order valence-electron chi connectivity index (χ2n) is 0. The molecular weight excluding hydrogens is 128 g/mol. The van der Waals surface area contributed by atoms with Crippen molar-refractivity contribution < 1.29 is 26.2 Å². The topological polar surface area (TPSA) is 35.0 Å². The summed E-state index contributed by atoms with van der Waals surface area (Å²) >= 11 is 0. The summed E-state index contributed by atoms with van der Waals surface area (Å²) < 4.78 is 0. The van der Waals surface area contributed by atoms with Gasteiger partial charge >= 0.3 is 0 Å². The summed E-state index contributed by atoms with van der Waals surface area (Å²) in [6.45, 7) is 0. The molecule has 0 aromatic heterocycles. The summed E-state index contributed by atoms with van der Waals surface area (Å²) in [7, 11) is 0. The fourth-order valence-corrected chi connectivity index (χ4v) is 0. The quantitative estimate of drug-likeness (QED) is 0.455. The zero-order chi connectivity index (χ0) is 0. The average Bonchev–Trinajstić information content (AvgIpc) is 0. The average molecular weight is 138 g/mol. The van der Waals surface area contributed by atoms with Gasteiger partial charge in [0.1, 0.15) is 0 Å². The van der Waals surface area contributed by atoms with Gasteiger partial charge in [0, 0.05) is 26.2 Å². The van der Waals surface area contributed by atoms with Gasteiger partial charge in [-0.25, -0.2) is 0 Å². The van der Waals surface area contributed by atoms with Crippen LogP contribution in [0.5, 0.6) is 0 Å². The van der Waals surface area contributed by atoms with Crippen molar-refractivity contribution in [3.05, 3.63) is 0 Å². The first-order valence-corrected chi connectivity index (χ1v) is 0. The Kier molecular flexibility index (Phi) is 911. The van der Waals surface area contributed by atoms with Crippen LogP contribution in [-0.2, 0) is 26.2 Å². The normalized spacial score (nSPS) is 0. The summed E-state index contributed by atoms with van der Waals surface area (Å²) in [5, 5.41) is 0. The van der Waals surface area contributed by atoms with Gasteiger partial charge in [-0.3, -0.25) is 0 Å². The maximum Gasteiger partial charge on any atom is 0.0814 e. The molecule has 0 saturated heterocycles. The Labute approximate surface area is 48.4 Å². The van der Waals surface area contributed by atoms with Crippen molar-refractivity contribution in [3.8, 4) is 0 Å². The van der Waals surface area contributed by atoms with Crippen LogP contribution in [0.25, 0.3) is 0 Å². The Morgan fingerprint density at radius 2 is 1.00 bits per heavy atom.